The van der Waals surface area contributed by atoms with Gasteiger partial charge in [0.05, 0.1) is 0 Å². The largest absolute Gasteiger partial charge is 0.444 e. The predicted molar refractivity (Wildman–Crippen MR) is 100.0 cm³/mol. The lowest BCUT2D eigenvalue weighted by molar-refractivity contribution is -0.117. The van der Waals surface area contributed by atoms with Gasteiger partial charge < -0.3 is 20.3 Å². The summed E-state index contributed by atoms with van der Waals surface area (Å²) in [6.45, 7) is 9.14. The second-order valence-electron chi connectivity index (χ2n) is 7.45. The maximum atomic E-state index is 12.2. The van der Waals surface area contributed by atoms with Crippen LogP contribution in [0.5, 0.6) is 0 Å². The maximum absolute atomic E-state index is 12.2. The summed E-state index contributed by atoms with van der Waals surface area (Å²) in [5, 5.41) is 5.35. The normalized spacial score (nSPS) is 16.1. The Hall–Kier alpha value is -2.24. The molecule has 6 heteroatoms. The summed E-state index contributed by atoms with van der Waals surface area (Å²) >= 11 is 0. The number of ether oxygens (including phenoxy) is 1. The number of carbonyl (C=O) groups is 2. The van der Waals surface area contributed by atoms with E-state index in [1.54, 1.807) is 27.7 Å². The molecule has 0 bridgehead atoms. The molecule has 138 valence electrons. The van der Waals surface area contributed by atoms with Gasteiger partial charge in [-0.2, -0.15) is 0 Å². The van der Waals surface area contributed by atoms with Crippen LogP contribution in [0.3, 0.4) is 0 Å². The van der Waals surface area contributed by atoms with Crippen molar-refractivity contribution in [2.24, 2.45) is 0 Å². The van der Waals surface area contributed by atoms with Crippen LogP contribution in [0.4, 0.5) is 16.2 Å². The first-order chi connectivity index (χ1) is 11.7. The van der Waals surface area contributed by atoms with Crippen molar-refractivity contribution in [3.05, 3.63) is 24.3 Å². The first kappa shape index (κ1) is 19.1. The molecule has 2 amide bonds. The molecule has 1 atom stereocenters. The SMILES string of the molecule is CC(NC(=O)OC(C)(C)C)C(=O)Nc1ccc(N2CCCCC2)cc1. The molecular weight excluding hydrogens is 318 g/mol. The minimum atomic E-state index is -0.684. The highest BCUT2D eigenvalue weighted by molar-refractivity contribution is 5.96. The van der Waals surface area contributed by atoms with Crippen LogP contribution in [0.2, 0.25) is 0 Å². The summed E-state index contributed by atoms with van der Waals surface area (Å²) < 4.78 is 5.16. The molecule has 1 aliphatic rings. The zero-order valence-corrected chi connectivity index (χ0v) is 15.6. The van der Waals surface area contributed by atoms with E-state index in [2.05, 4.69) is 15.5 Å². The van der Waals surface area contributed by atoms with Gasteiger partial charge in [0.15, 0.2) is 0 Å². The Morgan fingerprint density at radius 1 is 1.08 bits per heavy atom. The molecule has 0 aliphatic carbocycles. The Kier molecular flexibility index (Phi) is 6.28. The summed E-state index contributed by atoms with van der Waals surface area (Å²) in [5.74, 6) is -0.281. The van der Waals surface area contributed by atoms with Crippen molar-refractivity contribution in [1.29, 1.82) is 0 Å². The lowest BCUT2D eigenvalue weighted by Gasteiger charge is -2.28. The number of hydrogen-bond acceptors (Lipinski definition) is 4. The zero-order chi connectivity index (χ0) is 18.4. The number of amides is 2. The third-order valence-electron chi connectivity index (χ3n) is 3.98. The first-order valence-electron chi connectivity index (χ1n) is 8.90. The van der Waals surface area contributed by atoms with E-state index in [0.717, 1.165) is 13.1 Å². The molecule has 1 saturated heterocycles. The van der Waals surface area contributed by atoms with E-state index in [1.807, 2.05) is 24.3 Å². The molecule has 1 aromatic rings. The molecule has 1 heterocycles. The smallest absolute Gasteiger partial charge is 0.408 e. The maximum Gasteiger partial charge on any atom is 0.408 e. The second-order valence-corrected chi connectivity index (χ2v) is 7.45. The molecule has 2 N–H and O–H groups in total. The van der Waals surface area contributed by atoms with E-state index in [9.17, 15) is 9.59 Å². The Balaban J connectivity index is 1.86. The first-order valence-corrected chi connectivity index (χ1v) is 8.90. The lowest BCUT2D eigenvalue weighted by Crippen LogP contribution is -2.43. The highest BCUT2D eigenvalue weighted by Gasteiger charge is 2.21. The van der Waals surface area contributed by atoms with Crippen molar-refractivity contribution < 1.29 is 14.3 Å². The van der Waals surface area contributed by atoms with E-state index < -0.39 is 17.7 Å². The van der Waals surface area contributed by atoms with Crippen LogP contribution in [0.1, 0.15) is 47.0 Å². The van der Waals surface area contributed by atoms with E-state index in [-0.39, 0.29) is 5.91 Å². The van der Waals surface area contributed by atoms with Gasteiger partial charge in [-0.05, 0) is 71.2 Å². The average Bonchev–Trinajstić information content (AvgIpc) is 2.54. The predicted octanol–water partition coefficient (Wildman–Crippen LogP) is 3.53. The van der Waals surface area contributed by atoms with E-state index >= 15 is 0 Å². The van der Waals surface area contributed by atoms with Crippen molar-refractivity contribution in [2.45, 2.75) is 58.6 Å². The number of nitrogens with one attached hydrogen (secondary N) is 2. The van der Waals surface area contributed by atoms with Crippen LogP contribution in [0.15, 0.2) is 24.3 Å². The number of nitrogens with zero attached hydrogens (tertiary/aromatic N) is 1. The summed E-state index contributed by atoms with van der Waals surface area (Å²) in [6, 6.07) is 7.14. The molecule has 0 spiro atoms. The number of benzene rings is 1. The van der Waals surface area contributed by atoms with Crippen LogP contribution < -0.4 is 15.5 Å². The Morgan fingerprint density at radius 3 is 2.24 bits per heavy atom. The van der Waals surface area contributed by atoms with E-state index in [4.69, 9.17) is 4.74 Å². The standard InChI is InChI=1S/C19H29N3O3/c1-14(20-18(24)25-19(2,3)4)17(23)21-15-8-10-16(11-9-15)22-12-6-5-7-13-22/h8-11,14H,5-7,12-13H2,1-4H3,(H,20,24)(H,21,23). The van der Waals surface area contributed by atoms with Crippen molar-refractivity contribution in [1.82, 2.24) is 5.32 Å². The van der Waals surface area contributed by atoms with Gasteiger partial charge in [0.1, 0.15) is 11.6 Å². The molecule has 0 aromatic heterocycles. The Bertz CT molecular complexity index is 587. The van der Waals surface area contributed by atoms with Crippen molar-refractivity contribution in [2.75, 3.05) is 23.3 Å². The molecule has 6 nitrogen and oxygen atoms in total. The number of piperidine rings is 1. The molecule has 25 heavy (non-hydrogen) atoms. The monoisotopic (exact) mass is 347 g/mol. The summed E-state index contributed by atoms with van der Waals surface area (Å²) in [5.41, 5.74) is 1.30. The number of anilines is 2. The molecule has 1 aliphatic heterocycles. The average molecular weight is 347 g/mol. The number of carbonyl (C=O) groups excluding carboxylic acids is 2. The van der Waals surface area contributed by atoms with Gasteiger partial charge in [-0.25, -0.2) is 4.79 Å². The molecule has 1 unspecified atom stereocenters. The lowest BCUT2D eigenvalue weighted by atomic mass is 10.1. The molecule has 1 fully saturated rings. The van der Waals surface area contributed by atoms with Crippen molar-refractivity contribution in [3.63, 3.8) is 0 Å². The molecule has 0 radical (unpaired) electrons. The number of rotatable bonds is 4. The van der Waals surface area contributed by atoms with Gasteiger partial charge in [0.2, 0.25) is 5.91 Å². The van der Waals surface area contributed by atoms with Gasteiger partial charge in [-0.1, -0.05) is 0 Å². The molecule has 2 rings (SSSR count). The van der Waals surface area contributed by atoms with Crippen LogP contribution in [-0.2, 0) is 9.53 Å². The van der Waals surface area contributed by atoms with E-state index in [0.29, 0.717) is 5.69 Å². The fourth-order valence-electron chi connectivity index (χ4n) is 2.71. The fraction of sp³-hybridized carbons (Fsp3) is 0.579. The summed E-state index contributed by atoms with van der Waals surface area (Å²) in [7, 11) is 0. The van der Waals surface area contributed by atoms with Crippen molar-refractivity contribution >= 4 is 23.4 Å². The molecule has 0 saturated carbocycles. The van der Waals surface area contributed by atoms with Crippen molar-refractivity contribution in [3.8, 4) is 0 Å². The molecular formula is C19H29N3O3. The Labute approximate surface area is 149 Å². The van der Waals surface area contributed by atoms with Gasteiger partial charge in [-0.3, -0.25) is 4.79 Å². The second kappa shape index (κ2) is 8.23. The fourth-order valence-corrected chi connectivity index (χ4v) is 2.71. The molecule has 1 aromatic carbocycles. The van der Waals surface area contributed by atoms with Crippen LogP contribution in [0.25, 0.3) is 0 Å². The highest BCUT2D eigenvalue weighted by atomic mass is 16.6. The van der Waals surface area contributed by atoms with Crippen LogP contribution in [-0.4, -0.2) is 36.7 Å². The van der Waals surface area contributed by atoms with Gasteiger partial charge >= 0.3 is 6.09 Å². The zero-order valence-electron chi connectivity index (χ0n) is 15.6. The minimum Gasteiger partial charge on any atom is -0.444 e. The topological polar surface area (TPSA) is 70.7 Å². The van der Waals surface area contributed by atoms with E-state index in [1.165, 1.54) is 24.9 Å². The number of alkyl carbamates (subject to hydrolysis) is 1. The van der Waals surface area contributed by atoms with Gasteiger partial charge in [0, 0.05) is 24.5 Å². The number of hydrogen-bond donors (Lipinski definition) is 2. The minimum absolute atomic E-state index is 0.281. The third-order valence-corrected chi connectivity index (χ3v) is 3.98. The van der Waals surface area contributed by atoms with Crippen LogP contribution >= 0.6 is 0 Å². The third kappa shape index (κ3) is 6.29. The highest BCUT2D eigenvalue weighted by Crippen LogP contribution is 2.21. The van der Waals surface area contributed by atoms with Gasteiger partial charge in [-0.15, -0.1) is 0 Å². The quantitative estimate of drug-likeness (QED) is 0.874. The Morgan fingerprint density at radius 2 is 1.68 bits per heavy atom. The van der Waals surface area contributed by atoms with Gasteiger partial charge in [0.25, 0.3) is 0 Å². The van der Waals surface area contributed by atoms with Crippen LogP contribution in [0, 0.1) is 0 Å². The summed E-state index contributed by atoms with van der Waals surface area (Å²) in [4.78, 5) is 26.3. The summed E-state index contributed by atoms with van der Waals surface area (Å²) in [6.07, 6.45) is 3.15.